The fourth-order valence-electron chi connectivity index (χ4n) is 1.47. The Morgan fingerprint density at radius 3 is 2.32 bits per heavy atom. The van der Waals surface area contributed by atoms with Crippen LogP contribution in [-0.4, -0.2) is 11.9 Å². The molecule has 98 valence electrons. The van der Waals surface area contributed by atoms with E-state index in [0.717, 1.165) is 0 Å². The molecular weight excluding hydrogens is 252 g/mol. The monoisotopic (exact) mass is 260 g/mol. The highest BCUT2D eigenvalue weighted by molar-refractivity contribution is 5.87. The van der Waals surface area contributed by atoms with Crippen molar-refractivity contribution in [2.45, 2.75) is 6.61 Å². The molecule has 0 N–H and O–H groups in total. The van der Waals surface area contributed by atoms with Crippen LogP contribution in [0.2, 0.25) is 0 Å². The molecule has 6 heteroatoms. The van der Waals surface area contributed by atoms with E-state index in [0.29, 0.717) is 5.75 Å². The van der Waals surface area contributed by atoms with Gasteiger partial charge in [-0.1, -0.05) is 0 Å². The molecule has 6 nitrogen and oxygen atoms in total. The normalized spacial score (nSPS) is 10.1. The quantitative estimate of drug-likeness (QED) is 0.723. The molecular formula is C13H8O6-2. The van der Waals surface area contributed by atoms with E-state index in [1.807, 2.05) is 0 Å². The number of ether oxygens (including phenoxy) is 1. The van der Waals surface area contributed by atoms with Crippen LogP contribution in [0, 0.1) is 0 Å². The van der Waals surface area contributed by atoms with Gasteiger partial charge in [-0.3, -0.25) is 0 Å². The van der Waals surface area contributed by atoms with Gasteiger partial charge in [0.05, 0.1) is 18.2 Å². The van der Waals surface area contributed by atoms with Gasteiger partial charge in [-0.25, -0.2) is 0 Å². The summed E-state index contributed by atoms with van der Waals surface area (Å²) in [6.07, 6.45) is 1.23. The lowest BCUT2D eigenvalue weighted by atomic mass is 10.2. The highest BCUT2D eigenvalue weighted by atomic mass is 16.5. The highest BCUT2D eigenvalue weighted by Gasteiger charge is 2.08. The van der Waals surface area contributed by atoms with Crippen molar-refractivity contribution < 1.29 is 29.0 Å². The van der Waals surface area contributed by atoms with Gasteiger partial charge in [-0.2, -0.15) is 0 Å². The lowest BCUT2D eigenvalue weighted by Crippen LogP contribution is -2.23. The van der Waals surface area contributed by atoms with Crippen LogP contribution in [-0.2, 0) is 6.61 Å². The minimum Gasteiger partial charge on any atom is -0.545 e. The molecule has 1 heterocycles. The molecule has 0 spiro atoms. The molecule has 0 radical (unpaired) electrons. The fourth-order valence-corrected chi connectivity index (χ4v) is 1.47. The zero-order valence-corrected chi connectivity index (χ0v) is 9.62. The number of hydrogen-bond acceptors (Lipinski definition) is 6. The van der Waals surface area contributed by atoms with Gasteiger partial charge in [0.2, 0.25) is 0 Å². The van der Waals surface area contributed by atoms with E-state index >= 15 is 0 Å². The average molecular weight is 260 g/mol. The third-order valence-corrected chi connectivity index (χ3v) is 2.43. The lowest BCUT2D eigenvalue weighted by molar-refractivity contribution is -0.256. The summed E-state index contributed by atoms with van der Waals surface area (Å²) < 4.78 is 10.2. The highest BCUT2D eigenvalue weighted by Crippen LogP contribution is 2.16. The number of benzene rings is 1. The summed E-state index contributed by atoms with van der Waals surface area (Å²) in [4.78, 5) is 21.3. The SMILES string of the molecule is O=C([O-])c1ccc(OCc2occc2C(=O)[O-])cc1. The maximum atomic E-state index is 10.7. The van der Waals surface area contributed by atoms with Crippen LogP contribution in [0.5, 0.6) is 5.75 Å². The first-order valence-electron chi connectivity index (χ1n) is 5.30. The molecule has 0 atom stereocenters. The Morgan fingerprint density at radius 1 is 1.05 bits per heavy atom. The van der Waals surface area contributed by atoms with Gasteiger partial charge >= 0.3 is 0 Å². The molecule has 0 aliphatic heterocycles. The molecule has 2 rings (SSSR count). The number of carboxylic acids is 2. The zero-order valence-electron chi connectivity index (χ0n) is 9.62. The predicted molar refractivity (Wildman–Crippen MR) is 58.1 cm³/mol. The maximum Gasteiger partial charge on any atom is 0.150 e. The van der Waals surface area contributed by atoms with Crippen molar-refractivity contribution in [1.82, 2.24) is 0 Å². The van der Waals surface area contributed by atoms with E-state index in [9.17, 15) is 19.8 Å². The lowest BCUT2D eigenvalue weighted by Gasteiger charge is -2.08. The van der Waals surface area contributed by atoms with Crippen molar-refractivity contribution in [2.75, 3.05) is 0 Å². The zero-order chi connectivity index (χ0) is 13.8. The second kappa shape index (κ2) is 5.26. The molecule has 1 aromatic heterocycles. The number of hydrogen-bond donors (Lipinski definition) is 0. The second-order valence-corrected chi connectivity index (χ2v) is 3.65. The van der Waals surface area contributed by atoms with Crippen molar-refractivity contribution in [2.24, 2.45) is 0 Å². The van der Waals surface area contributed by atoms with Gasteiger partial charge in [0, 0.05) is 5.56 Å². The van der Waals surface area contributed by atoms with Crippen molar-refractivity contribution in [3.8, 4) is 5.75 Å². The van der Waals surface area contributed by atoms with Crippen LogP contribution in [0.25, 0.3) is 0 Å². The molecule has 0 aliphatic rings. The number of aromatic carboxylic acids is 2. The van der Waals surface area contributed by atoms with Gasteiger partial charge in [-0.05, 0) is 35.9 Å². The van der Waals surface area contributed by atoms with E-state index in [1.165, 1.54) is 36.6 Å². The van der Waals surface area contributed by atoms with Gasteiger partial charge in [0.1, 0.15) is 18.1 Å². The first-order chi connectivity index (χ1) is 9.08. The van der Waals surface area contributed by atoms with Crippen LogP contribution < -0.4 is 14.9 Å². The molecule has 0 saturated carbocycles. The minimum atomic E-state index is -1.35. The summed E-state index contributed by atoms with van der Waals surface area (Å²) >= 11 is 0. The van der Waals surface area contributed by atoms with Crippen LogP contribution in [0.4, 0.5) is 0 Å². The van der Waals surface area contributed by atoms with Gasteiger partial charge < -0.3 is 29.0 Å². The average Bonchev–Trinajstić information content (AvgIpc) is 2.85. The Balaban J connectivity index is 2.04. The van der Waals surface area contributed by atoms with Crippen molar-refractivity contribution in [1.29, 1.82) is 0 Å². The third kappa shape index (κ3) is 2.92. The van der Waals surface area contributed by atoms with Crippen LogP contribution >= 0.6 is 0 Å². The van der Waals surface area contributed by atoms with Crippen molar-refractivity contribution in [3.05, 3.63) is 53.5 Å². The minimum absolute atomic E-state index is 0.0285. The summed E-state index contributed by atoms with van der Waals surface area (Å²) in [6, 6.07) is 6.80. The molecule has 2 aromatic rings. The molecule has 0 fully saturated rings. The van der Waals surface area contributed by atoms with E-state index in [-0.39, 0.29) is 23.5 Å². The molecule has 0 bridgehead atoms. The molecule has 0 aliphatic carbocycles. The summed E-state index contributed by atoms with van der Waals surface area (Å²) in [6.45, 7) is -0.0962. The maximum absolute atomic E-state index is 10.7. The summed E-state index contributed by atoms with van der Waals surface area (Å²) in [7, 11) is 0. The largest absolute Gasteiger partial charge is 0.545 e. The smallest absolute Gasteiger partial charge is 0.150 e. The summed E-state index contributed by atoms with van der Waals surface area (Å²) in [5.74, 6) is -2.12. The predicted octanol–water partition coefficient (Wildman–Crippen LogP) is -0.414. The van der Waals surface area contributed by atoms with E-state index in [2.05, 4.69) is 0 Å². The van der Waals surface area contributed by atoms with Gasteiger partial charge in [-0.15, -0.1) is 0 Å². The topological polar surface area (TPSA) is 103 Å². The van der Waals surface area contributed by atoms with Crippen molar-refractivity contribution in [3.63, 3.8) is 0 Å². The van der Waals surface area contributed by atoms with Crippen molar-refractivity contribution >= 4 is 11.9 Å². The Labute approximate surface area is 107 Å². The molecule has 0 amide bonds. The summed E-state index contributed by atoms with van der Waals surface area (Å²) in [5.41, 5.74) is -0.0490. The van der Waals surface area contributed by atoms with Crippen LogP contribution in [0.3, 0.4) is 0 Å². The number of carbonyl (C=O) groups is 2. The molecule has 1 aromatic carbocycles. The Kier molecular flexibility index (Phi) is 3.51. The number of furan rings is 1. The Morgan fingerprint density at radius 2 is 1.74 bits per heavy atom. The Hall–Kier alpha value is -2.76. The summed E-state index contributed by atoms with van der Waals surface area (Å²) in [5, 5.41) is 21.3. The third-order valence-electron chi connectivity index (χ3n) is 2.43. The first-order valence-corrected chi connectivity index (χ1v) is 5.30. The van der Waals surface area contributed by atoms with E-state index < -0.39 is 11.9 Å². The fraction of sp³-hybridized carbons (Fsp3) is 0.0769. The molecule has 0 saturated heterocycles. The molecule has 0 unspecified atom stereocenters. The van der Waals surface area contributed by atoms with Crippen LogP contribution in [0.15, 0.2) is 41.0 Å². The number of carbonyl (C=O) groups excluding carboxylic acids is 2. The van der Waals surface area contributed by atoms with Gasteiger partial charge in [0.25, 0.3) is 0 Å². The standard InChI is InChI=1S/C13H10O6/c14-12(15)8-1-3-9(4-2-8)19-7-11-10(13(16)17)5-6-18-11/h1-6H,7H2,(H,14,15)(H,16,17)/p-2. The van der Waals surface area contributed by atoms with Gasteiger partial charge in [0.15, 0.2) is 0 Å². The van der Waals surface area contributed by atoms with Crippen LogP contribution in [0.1, 0.15) is 26.5 Å². The number of carboxylic acid groups (broad SMARTS) is 2. The second-order valence-electron chi connectivity index (χ2n) is 3.65. The van der Waals surface area contributed by atoms with E-state index in [1.54, 1.807) is 0 Å². The first kappa shape index (κ1) is 12.7. The molecule has 19 heavy (non-hydrogen) atoms. The van der Waals surface area contributed by atoms with E-state index in [4.69, 9.17) is 9.15 Å². The number of rotatable bonds is 5. The Bertz CT molecular complexity index is 596.